The van der Waals surface area contributed by atoms with E-state index in [0.717, 1.165) is 11.9 Å². The predicted molar refractivity (Wildman–Crippen MR) is 95.2 cm³/mol. The molecule has 0 saturated carbocycles. The van der Waals surface area contributed by atoms with E-state index in [1.54, 1.807) is 11.9 Å². The number of anilines is 3. The van der Waals surface area contributed by atoms with Crippen LogP contribution in [-0.4, -0.2) is 37.1 Å². The summed E-state index contributed by atoms with van der Waals surface area (Å²) in [5.74, 6) is 0.267. The maximum absolute atomic E-state index is 13.0. The molecule has 3 heterocycles. The van der Waals surface area contributed by atoms with Gasteiger partial charge in [-0.25, -0.2) is 9.37 Å². The van der Waals surface area contributed by atoms with Gasteiger partial charge in [-0.1, -0.05) is 23.4 Å². The van der Waals surface area contributed by atoms with Gasteiger partial charge in [-0.2, -0.15) is 19.9 Å². The van der Waals surface area contributed by atoms with Gasteiger partial charge in [-0.3, -0.25) is 0 Å². The number of nitrogens with zero attached hydrogens (tertiary/aromatic N) is 7. The quantitative estimate of drug-likeness (QED) is 0.582. The van der Waals surface area contributed by atoms with Crippen LogP contribution in [0.4, 0.5) is 22.0 Å². The molecule has 0 aliphatic rings. The van der Waals surface area contributed by atoms with E-state index in [0.29, 0.717) is 11.6 Å². The fraction of sp³-hybridized carbons (Fsp3) is 0.0588. The first-order valence-electron chi connectivity index (χ1n) is 7.86. The van der Waals surface area contributed by atoms with Gasteiger partial charge in [-0.05, 0) is 24.3 Å². The highest BCUT2D eigenvalue weighted by atomic mass is 19.1. The Hall–Kier alpha value is -3.95. The summed E-state index contributed by atoms with van der Waals surface area (Å²) in [6.07, 6.45) is 1.06. The van der Waals surface area contributed by atoms with Crippen LogP contribution in [0.25, 0.3) is 23.2 Å². The molecule has 0 bridgehead atoms. The highest BCUT2D eigenvalue weighted by molar-refractivity contribution is 5.59. The van der Waals surface area contributed by atoms with Crippen molar-refractivity contribution in [3.63, 3.8) is 0 Å². The number of hydrogen-bond donors (Lipinski definition) is 1. The first-order chi connectivity index (χ1) is 13.1. The topological polar surface area (TPSA) is 120 Å². The van der Waals surface area contributed by atoms with Crippen molar-refractivity contribution >= 4 is 17.6 Å². The van der Waals surface area contributed by atoms with Crippen molar-refractivity contribution < 1.29 is 8.91 Å². The normalized spacial score (nSPS) is 10.7. The van der Waals surface area contributed by atoms with Gasteiger partial charge >= 0.3 is 0 Å². The molecule has 0 fully saturated rings. The maximum atomic E-state index is 13.0. The average Bonchev–Trinajstić information content (AvgIpc) is 3.18. The smallest absolute Gasteiger partial charge is 0.276 e. The van der Waals surface area contributed by atoms with Crippen molar-refractivity contribution in [2.75, 3.05) is 17.7 Å². The molecule has 0 amide bonds. The van der Waals surface area contributed by atoms with Crippen molar-refractivity contribution in [2.45, 2.75) is 0 Å². The van der Waals surface area contributed by atoms with Crippen LogP contribution < -0.4 is 10.6 Å². The zero-order valence-electron chi connectivity index (χ0n) is 14.1. The Bertz CT molecular complexity index is 1070. The number of hydrogen-bond acceptors (Lipinski definition) is 9. The van der Waals surface area contributed by atoms with Crippen molar-refractivity contribution in [2.24, 2.45) is 0 Å². The molecule has 10 heteroatoms. The highest BCUT2D eigenvalue weighted by Crippen LogP contribution is 2.23. The largest absolute Gasteiger partial charge is 0.368 e. The molecule has 0 unspecified atom stereocenters. The zero-order chi connectivity index (χ0) is 18.8. The molecule has 4 aromatic rings. The summed E-state index contributed by atoms with van der Waals surface area (Å²) in [6.45, 7) is 0. The van der Waals surface area contributed by atoms with Crippen LogP contribution in [0.3, 0.4) is 0 Å². The number of nitrogens with two attached hydrogens (primary N) is 1. The van der Waals surface area contributed by atoms with E-state index in [1.807, 2.05) is 30.3 Å². The van der Waals surface area contributed by atoms with Crippen LogP contribution in [0.15, 0.2) is 53.2 Å². The van der Waals surface area contributed by atoms with E-state index in [1.165, 1.54) is 12.1 Å². The third-order valence-corrected chi connectivity index (χ3v) is 3.66. The van der Waals surface area contributed by atoms with Gasteiger partial charge in [0.25, 0.3) is 5.89 Å². The van der Waals surface area contributed by atoms with Crippen molar-refractivity contribution in [3.05, 3.63) is 54.5 Å². The highest BCUT2D eigenvalue weighted by Gasteiger charge is 2.17. The lowest BCUT2D eigenvalue weighted by atomic mass is 10.3. The maximum Gasteiger partial charge on any atom is 0.276 e. The standard InChI is InChI=1S/C17H13FN8O/c1-26(11-5-3-2-4-6-11)17-23-13(22-16(19)24-17)14-21-15(27-25-14)12-8-7-10(18)9-20-12/h2-9H,1H3,(H2,19,22,23,24). The van der Waals surface area contributed by atoms with Crippen LogP contribution in [0, 0.1) is 5.82 Å². The Labute approximate surface area is 152 Å². The Kier molecular flexibility index (Phi) is 4.13. The Morgan fingerprint density at radius 1 is 0.963 bits per heavy atom. The number of nitrogen functional groups attached to an aromatic ring is 1. The molecule has 4 rings (SSSR count). The molecule has 1 aromatic carbocycles. The van der Waals surface area contributed by atoms with Crippen LogP contribution in [0.1, 0.15) is 0 Å². The minimum absolute atomic E-state index is 0.0176. The summed E-state index contributed by atoms with van der Waals surface area (Å²) < 4.78 is 18.2. The Balaban J connectivity index is 1.69. The predicted octanol–water partition coefficient (Wildman–Crippen LogP) is 2.47. The minimum Gasteiger partial charge on any atom is -0.368 e. The molecule has 27 heavy (non-hydrogen) atoms. The number of rotatable bonds is 4. The summed E-state index contributed by atoms with van der Waals surface area (Å²) in [7, 11) is 1.80. The second-order valence-corrected chi connectivity index (χ2v) is 5.50. The minimum atomic E-state index is -0.461. The Morgan fingerprint density at radius 3 is 2.52 bits per heavy atom. The first-order valence-corrected chi connectivity index (χ1v) is 7.86. The van der Waals surface area contributed by atoms with E-state index in [9.17, 15) is 4.39 Å². The van der Waals surface area contributed by atoms with Gasteiger partial charge in [-0.15, -0.1) is 0 Å². The van der Waals surface area contributed by atoms with Crippen LogP contribution in [-0.2, 0) is 0 Å². The SMILES string of the molecule is CN(c1ccccc1)c1nc(N)nc(-c2noc(-c3ccc(F)cn3)n2)n1. The van der Waals surface area contributed by atoms with Gasteiger partial charge in [0.1, 0.15) is 11.5 Å². The molecule has 0 aliphatic carbocycles. The van der Waals surface area contributed by atoms with Crippen LogP contribution in [0.5, 0.6) is 0 Å². The number of pyridine rings is 1. The third-order valence-electron chi connectivity index (χ3n) is 3.66. The van der Waals surface area contributed by atoms with Gasteiger partial charge < -0.3 is 15.2 Å². The molecule has 0 aliphatic heterocycles. The molecule has 3 aromatic heterocycles. The van der Waals surface area contributed by atoms with Crippen molar-refractivity contribution in [3.8, 4) is 23.2 Å². The average molecular weight is 364 g/mol. The molecule has 134 valence electrons. The van der Waals surface area contributed by atoms with E-state index >= 15 is 0 Å². The summed E-state index contributed by atoms with van der Waals surface area (Å²) in [4.78, 5) is 22.4. The van der Waals surface area contributed by atoms with Gasteiger partial charge in [0.05, 0.1) is 6.20 Å². The summed E-state index contributed by atoms with van der Waals surface area (Å²) in [6, 6.07) is 12.2. The molecule has 9 nitrogen and oxygen atoms in total. The zero-order valence-corrected chi connectivity index (χ0v) is 14.1. The third kappa shape index (κ3) is 3.40. The number of benzene rings is 1. The fourth-order valence-electron chi connectivity index (χ4n) is 2.32. The molecule has 2 N–H and O–H groups in total. The summed E-state index contributed by atoms with van der Waals surface area (Å²) in [5, 5.41) is 3.85. The second-order valence-electron chi connectivity index (χ2n) is 5.50. The lowest BCUT2D eigenvalue weighted by Crippen LogP contribution is -2.15. The lowest BCUT2D eigenvalue weighted by molar-refractivity contribution is 0.430. The van der Waals surface area contributed by atoms with Gasteiger partial charge in [0.2, 0.25) is 23.5 Å². The Morgan fingerprint density at radius 2 is 1.78 bits per heavy atom. The van der Waals surface area contributed by atoms with E-state index in [4.69, 9.17) is 10.3 Å². The van der Waals surface area contributed by atoms with Gasteiger partial charge in [0, 0.05) is 12.7 Å². The first kappa shape index (κ1) is 16.5. The van der Waals surface area contributed by atoms with Gasteiger partial charge in [0.15, 0.2) is 0 Å². The monoisotopic (exact) mass is 364 g/mol. The van der Waals surface area contributed by atoms with E-state index in [2.05, 4.69) is 30.1 Å². The molecule has 0 radical (unpaired) electrons. The number of aromatic nitrogens is 6. The molecular weight excluding hydrogens is 351 g/mol. The number of halogens is 1. The molecule has 0 spiro atoms. The van der Waals surface area contributed by atoms with E-state index < -0.39 is 5.82 Å². The van der Waals surface area contributed by atoms with E-state index in [-0.39, 0.29) is 23.5 Å². The molecule has 0 saturated heterocycles. The molecular formula is C17H13FN8O. The second kappa shape index (κ2) is 6.75. The summed E-state index contributed by atoms with van der Waals surface area (Å²) >= 11 is 0. The molecule has 0 atom stereocenters. The van der Waals surface area contributed by atoms with Crippen LogP contribution in [0.2, 0.25) is 0 Å². The lowest BCUT2D eigenvalue weighted by Gasteiger charge is -2.17. The number of para-hydroxylation sites is 1. The fourth-order valence-corrected chi connectivity index (χ4v) is 2.32. The van der Waals surface area contributed by atoms with Crippen LogP contribution >= 0.6 is 0 Å². The van der Waals surface area contributed by atoms with Crippen molar-refractivity contribution in [1.82, 2.24) is 30.1 Å². The van der Waals surface area contributed by atoms with Crippen molar-refractivity contribution in [1.29, 1.82) is 0 Å². The summed E-state index contributed by atoms with van der Waals surface area (Å²) in [5.41, 5.74) is 7.02.